The van der Waals surface area contributed by atoms with E-state index in [4.69, 9.17) is 12.2 Å². The Morgan fingerprint density at radius 1 is 1.09 bits per heavy atom. The van der Waals surface area contributed by atoms with Crippen molar-refractivity contribution in [3.05, 3.63) is 53.7 Å². The molecule has 1 aliphatic heterocycles. The number of aromatic amines is 1. The van der Waals surface area contributed by atoms with Gasteiger partial charge in [-0.25, -0.2) is 4.98 Å². The van der Waals surface area contributed by atoms with Crippen LogP contribution in [0.25, 0.3) is 0 Å². The first kappa shape index (κ1) is 15.7. The molecule has 0 aliphatic carbocycles. The van der Waals surface area contributed by atoms with Crippen molar-refractivity contribution in [3.63, 3.8) is 0 Å². The van der Waals surface area contributed by atoms with Gasteiger partial charge in [0.25, 0.3) is 5.82 Å². The Labute approximate surface area is 143 Å². The molecule has 0 amide bonds. The van der Waals surface area contributed by atoms with Gasteiger partial charge in [0.1, 0.15) is 13.1 Å². The van der Waals surface area contributed by atoms with E-state index in [2.05, 4.69) is 64.3 Å². The van der Waals surface area contributed by atoms with Gasteiger partial charge in [0.05, 0.1) is 19.3 Å². The minimum Gasteiger partial charge on any atom is -0.341 e. The molecular weight excluding hydrogens is 304 g/mol. The summed E-state index contributed by atoms with van der Waals surface area (Å²) in [6, 6.07) is 12.6. The maximum atomic E-state index is 5.60. The number of thiocarbonyl (C=S) groups is 1. The molecule has 4 nitrogen and oxygen atoms in total. The molecule has 0 radical (unpaired) electrons. The summed E-state index contributed by atoms with van der Waals surface area (Å²) in [6.45, 7) is 8.00. The van der Waals surface area contributed by atoms with Crippen LogP contribution < -0.4 is 15.2 Å². The van der Waals surface area contributed by atoms with E-state index in [0.29, 0.717) is 0 Å². The molecule has 0 unspecified atom stereocenters. The van der Waals surface area contributed by atoms with Crippen LogP contribution in [0.3, 0.4) is 0 Å². The van der Waals surface area contributed by atoms with Gasteiger partial charge < -0.3 is 10.2 Å². The molecule has 2 heterocycles. The van der Waals surface area contributed by atoms with Gasteiger partial charge in [-0.1, -0.05) is 18.2 Å². The number of anilines is 2. The molecule has 0 saturated carbocycles. The summed E-state index contributed by atoms with van der Waals surface area (Å²) in [5.74, 6) is 1.17. The fourth-order valence-electron chi connectivity index (χ4n) is 2.80. The summed E-state index contributed by atoms with van der Waals surface area (Å²) in [5.41, 5.74) is 3.56. The van der Waals surface area contributed by atoms with Crippen molar-refractivity contribution in [1.29, 1.82) is 0 Å². The molecule has 23 heavy (non-hydrogen) atoms. The second kappa shape index (κ2) is 6.96. The molecule has 0 spiro atoms. The van der Waals surface area contributed by atoms with Crippen LogP contribution in [0.1, 0.15) is 11.1 Å². The van der Waals surface area contributed by atoms with Gasteiger partial charge in [-0.05, 0) is 49.3 Å². The van der Waals surface area contributed by atoms with Crippen LogP contribution in [0.4, 0.5) is 11.5 Å². The monoisotopic (exact) mass is 327 g/mol. The first-order valence-corrected chi connectivity index (χ1v) is 8.39. The lowest BCUT2D eigenvalue weighted by Crippen LogP contribution is -2.51. The predicted octanol–water partition coefficient (Wildman–Crippen LogP) is 2.64. The van der Waals surface area contributed by atoms with Crippen molar-refractivity contribution >= 4 is 28.8 Å². The van der Waals surface area contributed by atoms with E-state index in [1.807, 2.05) is 12.3 Å². The molecule has 1 fully saturated rings. The highest BCUT2D eigenvalue weighted by molar-refractivity contribution is 7.80. The summed E-state index contributed by atoms with van der Waals surface area (Å²) in [5, 5.41) is 4.22. The third kappa shape index (κ3) is 3.79. The van der Waals surface area contributed by atoms with Crippen molar-refractivity contribution in [3.8, 4) is 0 Å². The van der Waals surface area contributed by atoms with E-state index in [9.17, 15) is 0 Å². The predicted molar refractivity (Wildman–Crippen MR) is 98.9 cm³/mol. The zero-order valence-corrected chi connectivity index (χ0v) is 14.5. The van der Waals surface area contributed by atoms with Crippen molar-refractivity contribution in [2.75, 3.05) is 36.4 Å². The Kier molecular flexibility index (Phi) is 4.76. The summed E-state index contributed by atoms with van der Waals surface area (Å²) in [7, 11) is 0. The number of benzene rings is 1. The molecule has 1 aromatic carbocycles. The zero-order chi connectivity index (χ0) is 16.2. The fraction of sp³-hybridized carbons (Fsp3) is 0.333. The molecule has 3 rings (SSSR count). The smallest absolute Gasteiger partial charge is 0.274 e. The van der Waals surface area contributed by atoms with Crippen molar-refractivity contribution < 1.29 is 4.98 Å². The third-order valence-corrected chi connectivity index (χ3v) is 4.60. The maximum absolute atomic E-state index is 5.60. The van der Waals surface area contributed by atoms with Gasteiger partial charge >= 0.3 is 0 Å². The minimum absolute atomic E-state index is 0.815. The highest BCUT2D eigenvalue weighted by Crippen LogP contribution is 2.18. The summed E-state index contributed by atoms with van der Waals surface area (Å²) >= 11 is 5.60. The lowest BCUT2D eigenvalue weighted by molar-refractivity contribution is -0.364. The molecule has 1 aliphatic rings. The van der Waals surface area contributed by atoms with E-state index in [0.717, 1.165) is 37.0 Å². The molecule has 2 N–H and O–H groups in total. The fourth-order valence-corrected chi connectivity index (χ4v) is 3.09. The van der Waals surface area contributed by atoms with Crippen molar-refractivity contribution in [2.45, 2.75) is 13.8 Å². The molecule has 0 atom stereocenters. The van der Waals surface area contributed by atoms with Gasteiger partial charge in [0.15, 0.2) is 5.11 Å². The number of rotatable bonds is 2. The molecule has 0 bridgehead atoms. The van der Waals surface area contributed by atoms with E-state index in [-0.39, 0.29) is 0 Å². The third-order valence-electron chi connectivity index (χ3n) is 4.23. The van der Waals surface area contributed by atoms with Crippen LogP contribution in [0.5, 0.6) is 0 Å². The van der Waals surface area contributed by atoms with Gasteiger partial charge in [0.2, 0.25) is 0 Å². The molecular formula is C18H23N4S+. The Bertz CT molecular complexity index is 679. The van der Waals surface area contributed by atoms with E-state index in [1.165, 1.54) is 16.9 Å². The standard InChI is InChI=1S/C18H22N4S/c1-14-6-7-15(2)16(13-14)20-18(23)22-11-9-21(10-12-22)17-5-3-4-8-19-17/h3-8,13H,9-12H2,1-2H3,(H,20,23)/p+1. The number of aryl methyl sites for hydroxylation is 2. The largest absolute Gasteiger partial charge is 0.341 e. The van der Waals surface area contributed by atoms with Crippen LogP contribution >= 0.6 is 12.2 Å². The quantitative estimate of drug-likeness (QED) is 0.860. The Hall–Kier alpha value is -2.14. The number of H-pyrrole nitrogens is 1. The van der Waals surface area contributed by atoms with Gasteiger partial charge in [-0.2, -0.15) is 0 Å². The number of nitrogens with one attached hydrogen (secondary N) is 2. The summed E-state index contributed by atoms with van der Waals surface area (Å²) in [4.78, 5) is 7.90. The first-order valence-electron chi connectivity index (χ1n) is 7.98. The average Bonchev–Trinajstić information content (AvgIpc) is 2.59. The van der Waals surface area contributed by atoms with Gasteiger partial charge in [-0.15, -0.1) is 0 Å². The number of hydrogen-bond acceptors (Lipinski definition) is 2. The number of nitrogens with zero attached hydrogens (tertiary/aromatic N) is 2. The highest BCUT2D eigenvalue weighted by Gasteiger charge is 2.24. The minimum atomic E-state index is 0.815. The normalized spacial score (nSPS) is 14.7. The van der Waals surface area contributed by atoms with Gasteiger partial charge in [0, 0.05) is 11.8 Å². The van der Waals surface area contributed by atoms with E-state index in [1.54, 1.807) is 0 Å². The molecule has 120 valence electrons. The highest BCUT2D eigenvalue weighted by atomic mass is 32.1. The Morgan fingerprint density at radius 2 is 1.87 bits per heavy atom. The lowest BCUT2D eigenvalue weighted by Gasteiger charge is -2.33. The number of aromatic nitrogens is 1. The lowest BCUT2D eigenvalue weighted by atomic mass is 10.1. The Balaban J connectivity index is 1.59. The van der Waals surface area contributed by atoms with E-state index < -0.39 is 0 Å². The SMILES string of the molecule is Cc1ccc(C)c(NC(=S)N2CCN(c3cccc[nH+]3)CC2)c1. The second-order valence-electron chi connectivity index (χ2n) is 5.97. The number of hydrogen-bond donors (Lipinski definition) is 1. The zero-order valence-electron chi connectivity index (χ0n) is 13.7. The Morgan fingerprint density at radius 3 is 2.57 bits per heavy atom. The van der Waals surface area contributed by atoms with Crippen LogP contribution in [-0.2, 0) is 0 Å². The van der Waals surface area contributed by atoms with Crippen LogP contribution in [0.2, 0.25) is 0 Å². The second-order valence-corrected chi connectivity index (χ2v) is 6.36. The maximum Gasteiger partial charge on any atom is 0.274 e. The van der Waals surface area contributed by atoms with Gasteiger partial charge in [-0.3, -0.25) is 4.90 Å². The summed E-state index contributed by atoms with van der Waals surface area (Å²) in [6.07, 6.45) is 1.97. The first-order chi connectivity index (χ1) is 11.1. The molecule has 1 aromatic heterocycles. The molecule has 2 aromatic rings. The van der Waals surface area contributed by atoms with Crippen molar-refractivity contribution in [2.24, 2.45) is 0 Å². The van der Waals surface area contributed by atoms with Crippen LogP contribution in [0.15, 0.2) is 42.6 Å². The van der Waals surface area contributed by atoms with Crippen molar-refractivity contribution in [1.82, 2.24) is 4.90 Å². The topological polar surface area (TPSA) is 32.6 Å². The molecule has 5 heteroatoms. The average molecular weight is 327 g/mol. The number of pyridine rings is 1. The van der Waals surface area contributed by atoms with Crippen LogP contribution in [0, 0.1) is 13.8 Å². The summed E-state index contributed by atoms with van der Waals surface area (Å²) < 4.78 is 0. The van der Waals surface area contributed by atoms with E-state index >= 15 is 0 Å². The number of piperazine rings is 1. The van der Waals surface area contributed by atoms with Crippen LogP contribution in [-0.4, -0.2) is 36.2 Å². The molecule has 1 saturated heterocycles.